The molecule has 0 saturated carbocycles. The van der Waals surface area contributed by atoms with E-state index < -0.39 is 26.6 Å². The molecule has 0 aliphatic carbocycles. The molecule has 1 heterocycles. The standard InChI is InChI=1S/C16H16F2N2O2S/c17-12-5-6-16(14(18)9-12)23(21,22)20-10-15-13-4-2-1-3-11(13)7-8-19-15/h1-6,9,15,19-20H,7-8,10H2. The van der Waals surface area contributed by atoms with Crippen molar-refractivity contribution in [1.29, 1.82) is 0 Å². The van der Waals surface area contributed by atoms with E-state index in [-0.39, 0.29) is 12.6 Å². The zero-order chi connectivity index (χ0) is 16.4. The quantitative estimate of drug-likeness (QED) is 0.898. The molecule has 3 rings (SSSR count). The maximum Gasteiger partial charge on any atom is 0.243 e. The van der Waals surface area contributed by atoms with Crippen molar-refractivity contribution in [3.63, 3.8) is 0 Å². The van der Waals surface area contributed by atoms with Crippen LogP contribution in [0.15, 0.2) is 47.4 Å². The van der Waals surface area contributed by atoms with Gasteiger partial charge in [0, 0.05) is 18.7 Å². The van der Waals surface area contributed by atoms with Crippen LogP contribution in [0.25, 0.3) is 0 Å². The first kappa shape index (κ1) is 16.0. The van der Waals surface area contributed by atoms with Gasteiger partial charge in [0.1, 0.15) is 16.5 Å². The number of halogens is 2. The van der Waals surface area contributed by atoms with Crippen molar-refractivity contribution < 1.29 is 17.2 Å². The van der Waals surface area contributed by atoms with Gasteiger partial charge in [-0.3, -0.25) is 0 Å². The molecular formula is C16H16F2N2O2S. The molecule has 0 aromatic heterocycles. The lowest BCUT2D eigenvalue weighted by Crippen LogP contribution is -2.39. The normalized spacial score (nSPS) is 17.7. The molecular weight excluding hydrogens is 322 g/mol. The second-order valence-corrected chi connectivity index (χ2v) is 7.12. The molecule has 2 aromatic carbocycles. The molecule has 23 heavy (non-hydrogen) atoms. The van der Waals surface area contributed by atoms with Gasteiger partial charge in [0.15, 0.2) is 0 Å². The van der Waals surface area contributed by atoms with Crippen LogP contribution in [0.5, 0.6) is 0 Å². The van der Waals surface area contributed by atoms with Crippen LogP contribution in [0.3, 0.4) is 0 Å². The Hall–Kier alpha value is -1.83. The monoisotopic (exact) mass is 338 g/mol. The van der Waals surface area contributed by atoms with Gasteiger partial charge >= 0.3 is 0 Å². The minimum absolute atomic E-state index is 0.0934. The Labute approximate surface area is 133 Å². The van der Waals surface area contributed by atoms with Crippen LogP contribution in [0.1, 0.15) is 17.2 Å². The lowest BCUT2D eigenvalue weighted by atomic mass is 9.95. The van der Waals surface area contributed by atoms with Gasteiger partial charge in [0.2, 0.25) is 10.0 Å². The van der Waals surface area contributed by atoms with Crippen LogP contribution < -0.4 is 10.0 Å². The van der Waals surface area contributed by atoms with Crippen molar-refractivity contribution in [2.24, 2.45) is 0 Å². The second-order valence-electron chi connectivity index (χ2n) is 5.38. The van der Waals surface area contributed by atoms with Gasteiger partial charge in [-0.2, -0.15) is 0 Å². The molecule has 1 aliphatic heterocycles. The summed E-state index contributed by atoms with van der Waals surface area (Å²) in [6, 6.07) is 10.0. The van der Waals surface area contributed by atoms with Gasteiger partial charge < -0.3 is 5.32 Å². The fourth-order valence-electron chi connectivity index (χ4n) is 2.74. The fraction of sp³-hybridized carbons (Fsp3) is 0.250. The Balaban J connectivity index is 1.78. The Morgan fingerprint density at radius 2 is 1.96 bits per heavy atom. The third-order valence-electron chi connectivity index (χ3n) is 3.88. The van der Waals surface area contributed by atoms with E-state index in [4.69, 9.17) is 0 Å². The SMILES string of the molecule is O=S(=O)(NCC1NCCc2ccccc21)c1ccc(F)cc1F. The number of nitrogens with one attached hydrogen (secondary N) is 2. The van der Waals surface area contributed by atoms with E-state index in [2.05, 4.69) is 10.0 Å². The van der Waals surface area contributed by atoms with Crippen molar-refractivity contribution in [1.82, 2.24) is 10.0 Å². The number of hydrogen-bond donors (Lipinski definition) is 2. The molecule has 2 N–H and O–H groups in total. The number of rotatable bonds is 4. The van der Waals surface area contributed by atoms with Crippen LogP contribution >= 0.6 is 0 Å². The molecule has 1 aliphatic rings. The van der Waals surface area contributed by atoms with E-state index in [0.717, 1.165) is 30.7 Å². The largest absolute Gasteiger partial charge is 0.308 e. The number of sulfonamides is 1. The fourth-order valence-corrected chi connectivity index (χ4v) is 3.84. The van der Waals surface area contributed by atoms with Gasteiger partial charge in [0.25, 0.3) is 0 Å². The van der Waals surface area contributed by atoms with E-state index in [1.165, 1.54) is 5.56 Å². The van der Waals surface area contributed by atoms with E-state index in [0.29, 0.717) is 6.07 Å². The van der Waals surface area contributed by atoms with Gasteiger partial charge in [-0.1, -0.05) is 24.3 Å². The van der Waals surface area contributed by atoms with Crippen LogP contribution in [-0.4, -0.2) is 21.5 Å². The average molecular weight is 338 g/mol. The molecule has 122 valence electrons. The van der Waals surface area contributed by atoms with Crippen molar-refractivity contribution in [2.45, 2.75) is 17.4 Å². The molecule has 1 atom stereocenters. The second kappa shape index (κ2) is 6.35. The molecule has 0 amide bonds. The summed E-state index contributed by atoms with van der Waals surface area (Å²) >= 11 is 0. The molecule has 1 unspecified atom stereocenters. The lowest BCUT2D eigenvalue weighted by molar-refractivity contribution is 0.489. The summed E-state index contributed by atoms with van der Waals surface area (Å²) in [7, 11) is -4.04. The first-order valence-corrected chi connectivity index (χ1v) is 8.71. The predicted octanol–water partition coefficient (Wildman–Crippen LogP) is 2.13. The highest BCUT2D eigenvalue weighted by Gasteiger charge is 2.24. The Bertz CT molecular complexity index is 825. The highest BCUT2D eigenvalue weighted by Crippen LogP contribution is 2.23. The topological polar surface area (TPSA) is 58.2 Å². The first-order valence-electron chi connectivity index (χ1n) is 7.23. The zero-order valence-electron chi connectivity index (χ0n) is 12.2. The first-order chi connectivity index (χ1) is 11.0. The van der Waals surface area contributed by atoms with Gasteiger partial charge in [-0.05, 0) is 36.2 Å². The average Bonchev–Trinajstić information content (AvgIpc) is 2.52. The summed E-state index contributed by atoms with van der Waals surface area (Å²) in [4.78, 5) is -0.553. The Morgan fingerprint density at radius 1 is 1.17 bits per heavy atom. The Kier molecular flexibility index (Phi) is 4.43. The highest BCUT2D eigenvalue weighted by atomic mass is 32.2. The van der Waals surface area contributed by atoms with E-state index in [1.54, 1.807) is 0 Å². The summed E-state index contributed by atoms with van der Waals surface area (Å²) in [6.45, 7) is 0.838. The van der Waals surface area contributed by atoms with E-state index >= 15 is 0 Å². The highest BCUT2D eigenvalue weighted by molar-refractivity contribution is 7.89. The van der Waals surface area contributed by atoms with Crippen molar-refractivity contribution in [3.05, 3.63) is 65.2 Å². The predicted molar refractivity (Wildman–Crippen MR) is 82.4 cm³/mol. The summed E-state index contributed by atoms with van der Waals surface area (Å²) in [5.41, 5.74) is 2.20. The van der Waals surface area contributed by atoms with Crippen molar-refractivity contribution in [2.75, 3.05) is 13.1 Å². The van der Waals surface area contributed by atoms with Gasteiger partial charge in [-0.15, -0.1) is 0 Å². The zero-order valence-corrected chi connectivity index (χ0v) is 13.0. The minimum Gasteiger partial charge on any atom is -0.308 e. The minimum atomic E-state index is -4.04. The Morgan fingerprint density at radius 3 is 2.74 bits per heavy atom. The molecule has 2 aromatic rings. The summed E-state index contributed by atoms with van der Waals surface area (Å²) in [6.07, 6.45) is 0.881. The molecule has 0 fully saturated rings. The van der Waals surface area contributed by atoms with Gasteiger partial charge in [-0.25, -0.2) is 21.9 Å². The number of hydrogen-bond acceptors (Lipinski definition) is 3. The van der Waals surface area contributed by atoms with Crippen LogP contribution in [-0.2, 0) is 16.4 Å². The van der Waals surface area contributed by atoms with Crippen LogP contribution in [0, 0.1) is 11.6 Å². The van der Waals surface area contributed by atoms with E-state index in [1.807, 2.05) is 24.3 Å². The van der Waals surface area contributed by atoms with Crippen molar-refractivity contribution >= 4 is 10.0 Å². The third-order valence-corrected chi connectivity index (χ3v) is 5.33. The summed E-state index contributed by atoms with van der Waals surface area (Å²) in [5, 5.41) is 3.24. The van der Waals surface area contributed by atoms with Crippen LogP contribution in [0.2, 0.25) is 0 Å². The molecule has 7 heteroatoms. The maximum absolute atomic E-state index is 13.7. The van der Waals surface area contributed by atoms with E-state index in [9.17, 15) is 17.2 Å². The molecule has 0 bridgehead atoms. The summed E-state index contributed by atoms with van der Waals surface area (Å²) < 4.78 is 53.4. The molecule has 4 nitrogen and oxygen atoms in total. The lowest BCUT2D eigenvalue weighted by Gasteiger charge is -2.27. The number of fused-ring (bicyclic) bond motifs is 1. The molecule has 0 spiro atoms. The van der Waals surface area contributed by atoms with Crippen LogP contribution in [0.4, 0.5) is 8.78 Å². The smallest absolute Gasteiger partial charge is 0.243 e. The maximum atomic E-state index is 13.7. The third kappa shape index (κ3) is 3.41. The molecule has 0 saturated heterocycles. The van der Waals surface area contributed by atoms with Gasteiger partial charge in [0.05, 0.1) is 0 Å². The molecule has 0 radical (unpaired) electrons. The summed E-state index contributed by atoms with van der Waals surface area (Å²) in [5.74, 6) is -1.92. The van der Waals surface area contributed by atoms with Crippen molar-refractivity contribution in [3.8, 4) is 0 Å². The number of benzene rings is 2.